The Labute approximate surface area is 119 Å². The number of nitrogens with two attached hydrogens (primary N) is 1. The molecule has 2 aromatic carbocycles. The standard InChI is InChI=1S/C18H20FN/c19-17-8-6-14(7-9-17)18(10-11-20)16-5-4-13-2-1-3-15(13)12-16/h4-9,12,18H,1-3,10-11,20H2. The molecule has 2 aromatic rings. The molecule has 1 unspecified atom stereocenters. The maximum Gasteiger partial charge on any atom is 0.123 e. The van der Waals surface area contributed by atoms with Crippen LogP contribution in [0, 0.1) is 5.82 Å². The van der Waals surface area contributed by atoms with Gasteiger partial charge in [-0.2, -0.15) is 0 Å². The smallest absolute Gasteiger partial charge is 0.123 e. The predicted octanol–water partition coefficient (Wildman–Crippen LogP) is 3.80. The Morgan fingerprint density at radius 2 is 1.65 bits per heavy atom. The van der Waals surface area contributed by atoms with Crippen LogP contribution in [0.5, 0.6) is 0 Å². The number of benzene rings is 2. The first-order valence-corrected chi connectivity index (χ1v) is 7.35. The zero-order valence-electron chi connectivity index (χ0n) is 11.6. The molecule has 1 atom stereocenters. The van der Waals surface area contributed by atoms with Gasteiger partial charge in [0, 0.05) is 5.92 Å². The molecule has 0 fully saturated rings. The molecule has 0 heterocycles. The van der Waals surface area contributed by atoms with E-state index in [-0.39, 0.29) is 11.7 Å². The first-order valence-electron chi connectivity index (χ1n) is 7.35. The average molecular weight is 269 g/mol. The van der Waals surface area contributed by atoms with E-state index in [4.69, 9.17) is 5.73 Å². The van der Waals surface area contributed by atoms with Crippen molar-refractivity contribution in [2.24, 2.45) is 5.73 Å². The molecule has 0 saturated heterocycles. The van der Waals surface area contributed by atoms with Crippen LogP contribution in [0.25, 0.3) is 0 Å². The summed E-state index contributed by atoms with van der Waals surface area (Å²) in [5, 5.41) is 0. The lowest BCUT2D eigenvalue weighted by Gasteiger charge is -2.18. The Bertz CT molecular complexity index is 589. The summed E-state index contributed by atoms with van der Waals surface area (Å²) in [5.41, 5.74) is 11.2. The van der Waals surface area contributed by atoms with E-state index in [1.165, 1.54) is 48.1 Å². The minimum Gasteiger partial charge on any atom is -0.330 e. The van der Waals surface area contributed by atoms with E-state index in [1.807, 2.05) is 12.1 Å². The predicted molar refractivity (Wildman–Crippen MR) is 80.4 cm³/mol. The Balaban J connectivity index is 1.95. The zero-order chi connectivity index (χ0) is 13.9. The second kappa shape index (κ2) is 5.76. The molecule has 0 bridgehead atoms. The third-order valence-electron chi connectivity index (χ3n) is 4.25. The molecule has 0 spiro atoms. The molecule has 104 valence electrons. The monoisotopic (exact) mass is 269 g/mol. The number of halogens is 1. The lowest BCUT2D eigenvalue weighted by Crippen LogP contribution is -2.09. The van der Waals surface area contributed by atoms with Crippen LogP contribution in [0.4, 0.5) is 4.39 Å². The zero-order valence-corrected chi connectivity index (χ0v) is 11.6. The quantitative estimate of drug-likeness (QED) is 0.897. The minimum absolute atomic E-state index is 0.186. The molecular weight excluding hydrogens is 249 g/mol. The summed E-state index contributed by atoms with van der Waals surface area (Å²) >= 11 is 0. The normalized spacial score (nSPS) is 15.1. The van der Waals surface area contributed by atoms with Gasteiger partial charge in [-0.05, 0) is 66.6 Å². The highest BCUT2D eigenvalue weighted by molar-refractivity contribution is 5.40. The van der Waals surface area contributed by atoms with Gasteiger partial charge in [0.25, 0.3) is 0 Å². The fraction of sp³-hybridized carbons (Fsp3) is 0.333. The van der Waals surface area contributed by atoms with Crippen molar-refractivity contribution in [1.29, 1.82) is 0 Å². The Morgan fingerprint density at radius 1 is 0.950 bits per heavy atom. The lowest BCUT2D eigenvalue weighted by atomic mass is 9.87. The van der Waals surface area contributed by atoms with Crippen molar-refractivity contribution >= 4 is 0 Å². The van der Waals surface area contributed by atoms with Gasteiger partial charge in [-0.25, -0.2) is 4.39 Å². The molecule has 2 N–H and O–H groups in total. The Kier molecular flexibility index (Phi) is 3.83. The summed E-state index contributed by atoms with van der Waals surface area (Å²) in [5.74, 6) is 0.0840. The van der Waals surface area contributed by atoms with E-state index in [2.05, 4.69) is 18.2 Å². The van der Waals surface area contributed by atoms with Crippen LogP contribution in [0.2, 0.25) is 0 Å². The number of fused-ring (bicyclic) bond motifs is 1. The van der Waals surface area contributed by atoms with Crippen molar-refractivity contribution in [3.63, 3.8) is 0 Å². The van der Waals surface area contributed by atoms with Crippen LogP contribution in [-0.4, -0.2) is 6.54 Å². The van der Waals surface area contributed by atoms with Crippen molar-refractivity contribution < 1.29 is 4.39 Å². The molecule has 1 aliphatic carbocycles. The highest BCUT2D eigenvalue weighted by Crippen LogP contribution is 2.31. The number of hydrogen-bond donors (Lipinski definition) is 1. The molecule has 3 rings (SSSR count). The summed E-state index contributed by atoms with van der Waals surface area (Å²) in [4.78, 5) is 0. The molecule has 0 aliphatic heterocycles. The van der Waals surface area contributed by atoms with Gasteiger partial charge in [-0.15, -0.1) is 0 Å². The van der Waals surface area contributed by atoms with Crippen LogP contribution in [-0.2, 0) is 12.8 Å². The van der Waals surface area contributed by atoms with Crippen molar-refractivity contribution in [2.75, 3.05) is 6.54 Å². The first-order chi connectivity index (χ1) is 9.78. The van der Waals surface area contributed by atoms with Crippen molar-refractivity contribution in [1.82, 2.24) is 0 Å². The fourth-order valence-corrected chi connectivity index (χ4v) is 3.20. The molecule has 2 heteroatoms. The van der Waals surface area contributed by atoms with Gasteiger partial charge in [0.15, 0.2) is 0 Å². The van der Waals surface area contributed by atoms with E-state index in [9.17, 15) is 4.39 Å². The van der Waals surface area contributed by atoms with Gasteiger partial charge in [-0.3, -0.25) is 0 Å². The second-order valence-electron chi connectivity index (χ2n) is 5.56. The molecule has 0 amide bonds. The van der Waals surface area contributed by atoms with Gasteiger partial charge in [0.2, 0.25) is 0 Å². The van der Waals surface area contributed by atoms with Gasteiger partial charge in [0.05, 0.1) is 0 Å². The van der Waals surface area contributed by atoms with Crippen LogP contribution >= 0.6 is 0 Å². The maximum absolute atomic E-state index is 13.1. The molecule has 1 aliphatic rings. The highest BCUT2D eigenvalue weighted by atomic mass is 19.1. The van der Waals surface area contributed by atoms with Crippen molar-refractivity contribution in [3.8, 4) is 0 Å². The van der Waals surface area contributed by atoms with Crippen LogP contribution < -0.4 is 5.73 Å². The topological polar surface area (TPSA) is 26.0 Å². The van der Waals surface area contributed by atoms with E-state index in [0.717, 1.165) is 12.0 Å². The lowest BCUT2D eigenvalue weighted by molar-refractivity contribution is 0.625. The van der Waals surface area contributed by atoms with Crippen LogP contribution in [0.3, 0.4) is 0 Å². The van der Waals surface area contributed by atoms with Crippen molar-refractivity contribution in [3.05, 3.63) is 70.5 Å². The van der Waals surface area contributed by atoms with Gasteiger partial charge in [-0.1, -0.05) is 30.3 Å². The maximum atomic E-state index is 13.1. The largest absolute Gasteiger partial charge is 0.330 e. The van der Waals surface area contributed by atoms with Crippen LogP contribution in [0.1, 0.15) is 41.0 Å². The van der Waals surface area contributed by atoms with E-state index >= 15 is 0 Å². The molecular formula is C18H20FN. The van der Waals surface area contributed by atoms with Gasteiger partial charge in [0.1, 0.15) is 5.82 Å². The van der Waals surface area contributed by atoms with Crippen LogP contribution in [0.15, 0.2) is 42.5 Å². The summed E-state index contributed by atoms with van der Waals surface area (Å²) in [7, 11) is 0. The summed E-state index contributed by atoms with van der Waals surface area (Å²) in [6.07, 6.45) is 4.54. The fourth-order valence-electron chi connectivity index (χ4n) is 3.20. The molecule has 0 radical (unpaired) electrons. The SMILES string of the molecule is NCCC(c1ccc(F)cc1)c1ccc2c(c1)CCC2. The highest BCUT2D eigenvalue weighted by Gasteiger charge is 2.17. The van der Waals surface area contributed by atoms with E-state index in [1.54, 1.807) is 0 Å². The molecule has 0 aromatic heterocycles. The second-order valence-corrected chi connectivity index (χ2v) is 5.56. The number of aryl methyl sites for hydroxylation is 2. The van der Waals surface area contributed by atoms with E-state index < -0.39 is 0 Å². The van der Waals surface area contributed by atoms with Gasteiger partial charge < -0.3 is 5.73 Å². The number of hydrogen-bond acceptors (Lipinski definition) is 1. The summed E-state index contributed by atoms with van der Waals surface area (Å²) in [6.45, 7) is 0.638. The Morgan fingerprint density at radius 3 is 2.40 bits per heavy atom. The third kappa shape index (κ3) is 2.61. The van der Waals surface area contributed by atoms with E-state index in [0.29, 0.717) is 6.54 Å². The summed E-state index contributed by atoms with van der Waals surface area (Å²) < 4.78 is 13.1. The number of rotatable bonds is 4. The molecule has 20 heavy (non-hydrogen) atoms. The van der Waals surface area contributed by atoms with Gasteiger partial charge >= 0.3 is 0 Å². The summed E-state index contributed by atoms with van der Waals surface area (Å²) in [6, 6.07) is 13.6. The minimum atomic E-state index is -0.186. The average Bonchev–Trinajstić information content (AvgIpc) is 2.93. The third-order valence-corrected chi connectivity index (χ3v) is 4.25. The molecule has 0 saturated carbocycles. The molecule has 1 nitrogen and oxygen atoms in total. The first kappa shape index (κ1) is 13.3. The van der Waals surface area contributed by atoms with Crippen molar-refractivity contribution in [2.45, 2.75) is 31.6 Å². The Hall–Kier alpha value is -1.67.